The zero-order valence-electron chi connectivity index (χ0n) is 11.7. The van der Waals surface area contributed by atoms with Crippen LogP contribution in [0.15, 0.2) is 0 Å². The smallest absolute Gasteiger partial charge is 0.319 e. The van der Waals surface area contributed by atoms with Crippen molar-refractivity contribution in [3.8, 4) is 0 Å². The van der Waals surface area contributed by atoms with Crippen molar-refractivity contribution in [3.05, 3.63) is 0 Å². The topological polar surface area (TPSA) is 38.3 Å². The molecule has 1 saturated carbocycles. The summed E-state index contributed by atoms with van der Waals surface area (Å²) in [5, 5.41) is 3.39. The first-order valence-electron chi connectivity index (χ1n) is 6.93. The third-order valence-electron chi connectivity index (χ3n) is 3.84. The first kappa shape index (κ1) is 14.5. The summed E-state index contributed by atoms with van der Waals surface area (Å²) in [6.45, 7) is 9.52. The van der Waals surface area contributed by atoms with Crippen molar-refractivity contribution in [2.24, 2.45) is 17.8 Å². The predicted molar refractivity (Wildman–Crippen MR) is 69.8 cm³/mol. The summed E-state index contributed by atoms with van der Waals surface area (Å²) in [5.41, 5.74) is 0. The second kappa shape index (κ2) is 7.00. The molecule has 17 heavy (non-hydrogen) atoms. The standard InChI is InChI=1S/C14H27NO2/c1-5-17-14(16)9-15-13-8-11(4)6-7-12(13)10(2)3/h10-13,15H,5-9H2,1-4H3. The summed E-state index contributed by atoms with van der Waals surface area (Å²) in [4.78, 5) is 11.4. The van der Waals surface area contributed by atoms with E-state index >= 15 is 0 Å². The fraction of sp³-hybridized carbons (Fsp3) is 0.929. The maximum absolute atomic E-state index is 11.4. The normalized spacial score (nSPS) is 29.4. The van der Waals surface area contributed by atoms with E-state index in [4.69, 9.17) is 4.74 Å². The van der Waals surface area contributed by atoms with Crippen molar-refractivity contribution in [2.75, 3.05) is 13.2 Å². The van der Waals surface area contributed by atoms with E-state index in [2.05, 4.69) is 26.1 Å². The molecule has 0 aromatic rings. The van der Waals surface area contributed by atoms with Crippen LogP contribution in [-0.4, -0.2) is 25.2 Å². The fourth-order valence-electron chi connectivity index (χ4n) is 2.86. The summed E-state index contributed by atoms with van der Waals surface area (Å²) in [6.07, 6.45) is 3.78. The first-order valence-corrected chi connectivity index (χ1v) is 6.93. The number of rotatable bonds is 5. The van der Waals surface area contributed by atoms with Crippen LogP contribution in [0.2, 0.25) is 0 Å². The summed E-state index contributed by atoms with van der Waals surface area (Å²) >= 11 is 0. The van der Waals surface area contributed by atoms with Crippen LogP contribution in [0.3, 0.4) is 0 Å². The molecule has 3 unspecified atom stereocenters. The highest BCUT2D eigenvalue weighted by molar-refractivity contribution is 5.71. The second-order valence-electron chi connectivity index (χ2n) is 5.62. The van der Waals surface area contributed by atoms with Crippen LogP contribution in [0.25, 0.3) is 0 Å². The van der Waals surface area contributed by atoms with Crippen LogP contribution in [-0.2, 0) is 9.53 Å². The quantitative estimate of drug-likeness (QED) is 0.752. The molecule has 0 spiro atoms. The first-order chi connectivity index (χ1) is 8.04. The Labute approximate surface area is 105 Å². The lowest BCUT2D eigenvalue weighted by Gasteiger charge is -2.37. The number of ether oxygens (including phenoxy) is 1. The average Bonchev–Trinajstić information content (AvgIpc) is 2.26. The minimum absolute atomic E-state index is 0.131. The molecule has 3 nitrogen and oxygen atoms in total. The monoisotopic (exact) mass is 241 g/mol. The SMILES string of the molecule is CCOC(=O)CNC1CC(C)CCC1C(C)C. The van der Waals surface area contributed by atoms with Gasteiger partial charge in [0.05, 0.1) is 13.2 Å². The summed E-state index contributed by atoms with van der Waals surface area (Å²) in [6, 6.07) is 0.475. The highest BCUT2D eigenvalue weighted by Gasteiger charge is 2.30. The van der Waals surface area contributed by atoms with Gasteiger partial charge in [-0.2, -0.15) is 0 Å². The van der Waals surface area contributed by atoms with Gasteiger partial charge in [0.2, 0.25) is 0 Å². The van der Waals surface area contributed by atoms with Crippen molar-refractivity contribution in [1.29, 1.82) is 0 Å². The van der Waals surface area contributed by atoms with E-state index in [1.54, 1.807) is 0 Å². The highest BCUT2D eigenvalue weighted by atomic mass is 16.5. The summed E-state index contributed by atoms with van der Waals surface area (Å²) in [5.74, 6) is 2.01. The summed E-state index contributed by atoms with van der Waals surface area (Å²) in [7, 11) is 0. The number of esters is 1. The van der Waals surface area contributed by atoms with Gasteiger partial charge in [-0.15, -0.1) is 0 Å². The Balaban J connectivity index is 2.43. The molecule has 0 saturated heterocycles. The molecule has 0 aromatic carbocycles. The van der Waals surface area contributed by atoms with Gasteiger partial charge in [-0.25, -0.2) is 0 Å². The van der Waals surface area contributed by atoms with Crippen molar-refractivity contribution >= 4 is 5.97 Å². The van der Waals surface area contributed by atoms with E-state index in [9.17, 15) is 4.79 Å². The van der Waals surface area contributed by atoms with Gasteiger partial charge in [0.1, 0.15) is 0 Å². The van der Waals surface area contributed by atoms with Crippen LogP contribution in [0.5, 0.6) is 0 Å². The lowest BCUT2D eigenvalue weighted by molar-refractivity contribution is -0.142. The third-order valence-corrected chi connectivity index (χ3v) is 3.84. The van der Waals surface area contributed by atoms with Crippen molar-refractivity contribution in [1.82, 2.24) is 5.32 Å². The van der Waals surface area contributed by atoms with Crippen molar-refractivity contribution < 1.29 is 9.53 Å². The zero-order valence-corrected chi connectivity index (χ0v) is 11.7. The molecule has 0 aromatic heterocycles. The van der Waals surface area contributed by atoms with Gasteiger partial charge in [-0.3, -0.25) is 4.79 Å². The van der Waals surface area contributed by atoms with Gasteiger partial charge in [0.25, 0.3) is 0 Å². The molecule has 1 aliphatic rings. The van der Waals surface area contributed by atoms with E-state index in [0.717, 1.165) is 5.92 Å². The van der Waals surface area contributed by atoms with Crippen LogP contribution >= 0.6 is 0 Å². The average molecular weight is 241 g/mol. The predicted octanol–water partition coefficient (Wildman–Crippen LogP) is 2.60. The minimum atomic E-state index is -0.131. The number of hydrogen-bond acceptors (Lipinski definition) is 3. The van der Waals surface area contributed by atoms with E-state index in [1.807, 2.05) is 6.92 Å². The fourth-order valence-corrected chi connectivity index (χ4v) is 2.86. The Bertz CT molecular complexity index is 240. The Morgan fingerprint density at radius 1 is 1.41 bits per heavy atom. The van der Waals surface area contributed by atoms with E-state index in [-0.39, 0.29) is 5.97 Å². The van der Waals surface area contributed by atoms with Crippen LogP contribution in [0.1, 0.15) is 47.0 Å². The number of nitrogens with one attached hydrogen (secondary N) is 1. The van der Waals surface area contributed by atoms with Crippen LogP contribution in [0, 0.1) is 17.8 Å². The minimum Gasteiger partial charge on any atom is -0.465 e. The maximum atomic E-state index is 11.4. The van der Waals surface area contributed by atoms with Gasteiger partial charge in [-0.05, 0) is 37.5 Å². The molecule has 0 heterocycles. The highest BCUT2D eigenvalue weighted by Crippen LogP contribution is 2.33. The largest absolute Gasteiger partial charge is 0.465 e. The van der Waals surface area contributed by atoms with Crippen molar-refractivity contribution in [2.45, 2.75) is 53.0 Å². The van der Waals surface area contributed by atoms with E-state index < -0.39 is 0 Å². The summed E-state index contributed by atoms with van der Waals surface area (Å²) < 4.78 is 4.95. The van der Waals surface area contributed by atoms with E-state index in [1.165, 1.54) is 19.3 Å². The Morgan fingerprint density at radius 3 is 2.71 bits per heavy atom. The molecule has 1 rings (SSSR count). The zero-order chi connectivity index (χ0) is 12.8. The van der Waals surface area contributed by atoms with E-state index in [0.29, 0.717) is 31.0 Å². The molecule has 0 aliphatic heterocycles. The molecule has 1 N–H and O–H groups in total. The number of carbonyl (C=O) groups is 1. The maximum Gasteiger partial charge on any atom is 0.319 e. The molecule has 3 heteroatoms. The number of carbonyl (C=O) groups excluding carboxylic acids is 1. The molecule has 1 fully saturated rings. The molecular weight excluding hydrogens is 214 g/mol. The molecule has 100 valence electrons. The Morgan fingerprint density at radius 2 is 2.12 bits per heavy atom. The van der Waals surface area contributed by atoms with Gasteiger partial charge in [0.15, 0.2) is 0 Å². The third kappa shape index (κ3) is 4.66. The van der Waals surface area contributed by atoms with Crippen LogP contribution < -0.4 is 5.32 Å². The molecule has 1 aliphatic carbocycles. The molecule has 0 radical (unpaired) electrons. The Kier molecular flexibility index (Phi) is 5.96. The van der Waals surface area contributed by atoms with Gasteiger partial charge in [0, 0.05) is 6.04 Å². The van der Waals surface area contributed by atoms with Crippen molar-refractivity contribution in [3.63, 3.8) is 0 Å². The van der Waals surface area contributed by atoms with Crippen LogP contribution in [0.4, 0.5) is 0 Å². The number of hydrogen-bond donors (Lipinski definition) is 1. The molecule has 3 atom stereocenters. The molecular formula is C14H27NO2. The van der Waals surface area contributed by atoms with Gasteiger partial charge < -0.3 is 10.1 Å². The molecule has 0 amide bonds. The lowest BCUT2D eigenvalue weighted by Crippen LogP contribution is -2.45. The lowest BCUT2D eigenvalue weighted by atomic mass is 9.74. The second-order valence-corrected chi connectivity index (χ2v) is 5.62. The molecule has 0 bridgehead atoms. The van der Waals surface area contributed by atoms with Gasteiger partial charge >= 0.3 is 5.97 Å². The van der Waals surface area contributed by atoms with Gasteiger partial charge in [-0.1, -0.05) is 27.2 Å². The Hall–Kier alpha value is -0.570.